The normalized spacial score (nSPS) is 16.4. The van der Waals surface area contributed by atoms with Gasteiger partial charge in [0.05, 0.1) is 31.5 Å². The topological polar surface area (TPSA) is 50.4 Å². The number of benzene rings is 1. The van der Waals surface area contributed by atoms with Crippen molar-refractivity contribution in [3.05, 3.63) is 18.2 Å². The number of H-pyrrole nitrogens is 1. The van der Waals surface area contributed by atoms with Crippen LogP contribution in [-0.2, 0) is 4.74 Å². The van der Waals surface area contributed by atoms with E-state index >= 15 is 0 Å². The van der Waals surface area contributed by atoms with E-state index in [1.54, 1.807) is 7.11 Å². The number of methoxy groups -OCH3 is 1. The largest absolute Gasteiger partial charge is 0.468 e. The first-order valence-corrected chi connectivity index (χ1v) is 5.74. The third-order valence-corrected chi connectivity index (χ3v) is 3.01. The summed E-state index contributed by atoms with van der Waals surface area (Å²) in [6, 6.07) is 6.69. The summed E-state index contributed by atoms with van der Waals surface area (Å²) in [5.74, 6) is 0. The highest BCUT2D eigenvalue weighted by molar-refractivity contribution is 5.89. The highest BCUT2D eigenvalue weighted by atomic mass is 16.5. The lowest BCUT2D eigenvalue weighted by molar-refractivity contribution is 0.123. The van der Waals surface area contributed by atoms with E-state index in [0.717, 1.165) is 43.0 Å². The van der Waals surface area contributed by atoms with Crippen LogP contribution in [0, 0.1) is 0 Å². The van der Waals surface area contributed by atoms with Crippen molar-refractivity contribution in [1.82, 2.24) is 9.97 Å². The molecule has 0 radical (unpaired) electrons. The second-order valence-electron chi connectivity index (χ2n) is 4.02. The Labute approximate surface area is 99.3 Å². The molecule has 1 N–H and O–H groups in total. The van der Waals surface area contributed by atoms with Crippen molar-refractivity contribution in [3.8, 4) is 6.01 Å². The van der Waals surface area contributed by atoms with Gasteiger partial charge < -0.3 is 19.4 Å². The molecular formula is C12H15N3O2. The molecular weight excluding hydrogens is 218 g/mol. The molecule has 1 aromatic carbocycles. The van der Waals surface area contributed by atoms with Crippen LogP contribution in [0.25, 0.3) is 11.0 Å². The fraction of sp³-hybridized carbons (Fsp3) is 0.417. The summed E-state index contributed by atoms with van der Waals surface area (Å²) in [7, 11) is 1.62. The number of aromatic amines is 1. The van der Waals surface area contributed by atoms with E-state index in [1.807, 2.05) is 12.1 Å². The fourth-order valence-electron chi connectivity index (χ4n) is 2.15. The molecule has 5 heteroatoms. The number of ether oxygens (including phenoxy) is 2. The van der Waals surface area contributed by atoms with Crippen molar-refractivity contribution in [2.45, 2.75) is 0 Å². The maximum atomic E-state index is 5.37. The van der Waals surface area contributed by atoms with E-state index in [9.17, 15) is 0 Å². The average Bonchev–Trinajstić information content (AvgIpc) is 2.82. The maximum absolute atomic E-state index is 5.37. The minimum absolute atomic E-state index is 0.556. The standard InChI is InChI=1S/C12H15N3O2/c1-16-12-13-9-3-2-4-10(11(9)14-12)15-5-7-17-8-6-15/h2-4H,5-8H2,1H3,(H,13,14). The Bertz CT molecular complexity index is 517. The van der Waals surface area contributed by atoms with Gasteiger partial charge >= 0.3 is 0 Å². The Kier molecular flexibility index (Phi) is 2.60. The van der Waals surface area contributed by atoms with Crippen molar-refractivity contribution in [2.75, 3.05) is 38.3 Å². The average molecular weight is 233 g/mol. The first-order valence-electron chi connectivity index (χ1n) is 5.74. The minimum atomic E-state index is 0.556. The predicted molar refractivity (Wildman–Crippen MR) is 65.7 cm³/mol. The monoisotopic (exact) mass is 233 g/mol. The number of anilines is 1. The van der Waals surface area contributed by atoms with E-state index < -0.39 is 0 Å². The van der Waals surface area contributed by atoms with Gasteiger partial charge in [0.1, 0.15) is 5.52 Å². The van der Waals surface area contributed by atoms with Gasteiger partial charge in [-0.3, -0.25) is 0 Å². The summed E-state index contributed by atoms with van der Waals surface area (Å²) in [5, 5.41) is 0. The third-order valence-electron chi connectivity index (χ3n) is 3.01. The molecule has 5 nitrogen and oxygen atoms in total. The van der Waals surface area contributed by atoms with E-state index in [2.05, 4.69) is 20.9 Å². The number of nitrogens with zero attached hydrogens (tertiary/aromatic N) is 2. The summed E-state index contributed by atoms with van der Waals surface area (Å²) in [6.07, 6.45) is 0. The summed E-state index contributed by atoms with van der Waals surface area (Å²) in [4.78, 5) is 9.88. The molecule has 1 saturated heterocycles. The molecule has 1 aromatic heterocycles. The predicted octanol–water partition coefficient (Wildman–Crippen LogP) is 1.41. The Balaban J connectivity index is 2.05. The lowest BCUT2D eigenvalue weighted by Crippen LogP contribution is -2.36. The number of rotatable bonds is 2. The zero-order chi connectivity index (χ0) is 11.7. The van der Waals surface area contributed by atoms with E-state index in [-0.39, 0.29) is 0 Å². The molecule has 0 atom stereocenters. The van der Waals surface area contributed by atoms with Gasteiger partial charge in [0.15, 0.2) is 0 Å². The van der Waals surface area contributed by atoms with Gasteiger partial charge in [-0.2, -0.15) is 4.98 Å². The fourth-order valence-corrected chi connectivity index (χ4v) is 2.15. The van der Waals surface area contributed by atoms with Gasteiger partial charge in [0.2, 0.25) is 0 Å². The Morgan fingerprint density at radius 1 is 1.35 bits per heavy atom. The lowest BCUT2D eigenvalue weighted by atomic mass is 10.2. The number of para-hydroxylation sites is 1. The molecule has 0 amide bonds. The van der Waals surface area contributed by atoms with E-state index in [4.69, 9.17) is 9.47 Å². The van der Waals surface area contributed by atoms with Gasteiger partial charge in [-0.1, -0.05) is 6.07 Å². The lowest BCUT2D eigenvalue weighted by Gasteiger charge is -2.28. The number of imidazole rings is 1. The number of nitrogens with one attached hydrogen (secondary N) is 1. The van der Waals surface area contributed by atoms with Gasteiger partial charge in [0, 0.05) is 13.1 Å². The highest BCUT2D eigenvalue weighted by Crippen LogP contribution is 2.27. The quantitative estimate of drug-likeness (QED) is 0.852. The molecule has 2 heterocycles. The van der Waals surface area contributed by atoms with Crippen LogP contribution in [-0.4, -0.2) is 43.4 Å². The molecule has 0 aliphatic carbocycles. The minimum Gasteiger partial charge on any atom is -0.468 e. The summed E-state index contributed by atoms with van der Waals surface area (Å²) in [5.41, 5.74) is 3.11. The van der Waals surface area contributed by atoms with Crippen LogP contribution < -0.4 is 9.64 Å². The molecule has 0 saturated carbocycles. The molecule has 90 valence electrons. The second-order valence-corrected chi connectivity index (χ2v) is 4.02. The van der Waals surface area contributed by atoms with Crippen LogP contribution >= 0.6 is 0 Å². The molecule has 2 aromatic rings. The Hall–Kier alpha value is -1.75. The second kappa shape index (κ2) is 4.25. The molecule has 1 aliphatic rings. The third kappa shape index (κ3) is 1.82. The van der Waals surface area contributed by atoms with Crippen LogP contribution in [0.15, 0.2) is 18.2 Å². The molecule has 1 fully saturated rings. The van der Waals surface area contributed by atoms with Crippen LogP contribution in [0.5, 0.6) is 6.01 Å². The van der Waals surface area contributed by atoms with Gasteiger partial charge in [-0.05, 0) is 12.1 Å². The molecule has 3 rings (SSSR count). The maximum Gasteiger partial charge on any atom is 0.294 e. The molecule has 17 heavy (non-hydrogen) atoms. The molecule has 0 spiro atoms. The Morgan fingerprint density at radius 3 is 2.94 bits per heavy atom. The Morgan fingerprint density at radius 2 is 2.18 bits per heavy atom. The van der Waals surface area contributed by atoms with Crippen molar-refractivity contribution < 1.29 is 9.47 Å². The number of hydrogen-bond donors (Lipinski definition) is 1. The van der Waals surface area contributed by atoms with Crippen LogP contribution in [0.3, 0.4) is 0 Å². The van der Waals surface area contributed by atoms with Gasteiger partial charge in [0.25, 0.3) is 6.01 Å². The van der Waals surface area contributed by atoms with Gasteiger partial charge in [-0.25, -0.2) is 0 Å². The molecule has 0 unspecified atom stereocenters. The zero-order valence-corrected chi connectivity index (χ0v) is 9.77. The van der Waals surface area contributed by atoms with Crippen molar-refractivity contribution in [3.63, 3.8) is 0 Å². The summed E-state index contributed by atoms with van der Waals surface area (Å²) < 4.78 is 10.5. The first-order chi connectivity index (χ1) is 8.38. The van der Waals surface area contributed by atoms with Crippen molar-refractivity contribution >= 4 is 16.7 Å². The number of fused-ring (bicyclic) bond motifs is 1. The molecule has 1 aliphatic heterocycles. The smallest absolute Gasteiger partial charge is 0.294 e. The van der Waals surface area contributed by atoms with Crippen LogP contribution in [0.1, 0.15) is 0 Å². The number of aromatic nitrogens is 2. The highest BCUT2D eigenvalue weighted by Gasteiger charge is 2.16. The summed E-state index contributed by atoms with van der Waals surface area (Å²) in [6.45, 7) is 3.37. The van der Waals surface area contributed by atoms with E-state index in [0.29, 0.717) is 6.01 Å². The van der Waals surface area contributed by atoms with Crippen molar-refractivity contribution in [1.29, 1.82) is 0 Å². The van der Waals surface area contributed by atoms with Crippen molar-refractivity contribution in [2.24, 2.45) is 0 Å². The van der Waals surface area contributed by atoms with E-state index in [1.165, 1.54) is 0 Å². The van der Waals surface area contributed by atoms with Crippen LogP contribution in [0.2, 0.25) is 0 Å². The zero-order valence-electron chi connectivity index (χ0n) is 9.77. The van der Waals surface area contributed by atoms with Crippen LogP contribution in [0.4, 0.5) is 5.69 Å². The molecule has 0 bridgehead atoms. The number of morpholine rings is 1. The summed E-state index contributed by atoms with van der Waals surface area (Å²) >= 11 is 0. The number of hydrogen-bond acceptors (Lipinski definition) is 4. The first kappa shape index (κ1) is 10.4. The van der Waals surface area contributed by atoms with Gasteiger partial charge in [-0.15, -0.1) is 0 Å². The SMILES string of the molecule is COc1nc2c(N3CCOCC3)cccc2[nH]1.